The van der Waals surface area contributed by atoms with Crippen LogP contribution in [0.2, 0.25) is 0 Å². The highest BCUT2D eigenvalue weighted by atomic mass is 32.1. The Morgan fingerprint density at radius 3 is 1.93 bits per heavy atom. The summed E-state index contributed by atoms with van der Waals surface area (Å²) >= 11 is 3.29. The van der Waals surface area contributed by atoms with Crippen molar-refractivity contribution in [3.8, 4) is 0 Å². The van der Waals surface area contributed by atoms with Crippen LogP contribution in [0, 0.1) is 0 Å². The van der Waals surface area contributed by atoms with Crippen LogP contribution in [0.5, 0.6) is 0 Å². The summed E-state index contributed by atoms with van der Waals surface area (Å²) in [6, 6.07) is 8.03. The molecule has 0 saturated carbocycles. The summed E-state index contributed by atoms with van der Waals surface area (Å²) in [5.74, 6) is 0.171. The van der Waals surface area contributed by atoms with E-state index < -0.39 is 0 Å². The molecule has 0 N–H and O–H groups in total. The van der Waals surface area contributed by atoms with Crippen LogP contribution in [-0.2, 0) is 4.79 Å². The van der Waals surface area contributed by atoms with E-state index in [1.54, 1.807) is 29.6 Å². The third kappa shape index (κ3) is 1.79. The molecule has 0 amide bonds. The van der Waals surface area contributed by atoms with Gasteiger partial charge in [0.15, 0.2) is 0 Å². The molecule has 0 aromatic carbocycles. The molecular formula is C11H10OS2. The molecule has 0 saturated heterocycles. The fourth-order valence-electron chi connectivity index (χ4n) is 1.45. The molecule has 2 aromatic heterocycles. The topological polar surface area (TPSA) is 17.1 Å². The lowest BCUT2D eigenvalue weighted by Gasteiger charge is -2.08. The molecule has 2 heterocycles. The Morgan fingerprint density at radius 2 is 1.64 bits per heavy atom. The Morgan fingerprint density at radius 1 is 1.14 bits per heavy atom. The molecule has 0 spiro atoms. The van der Waals surface area contributed by atoms with Gasteiger partial charge in [0.25, 0.3) is 0 Å². The number of hydrogen-bond donors (Lipinski definition) is 0. The minimum Gasteiger partial charge on any atom is -0.299 e. The van der Waals surface area contributed by atoms with Crippen molar-refractivity contribution in [2.75, 3.05) is 0 Å². The van der Waals surface area contributed by atoms with Crippen molar-refractivity contribution in [1.82, 2.24) is 0 Å². The van der Waals surface area contributed by atoms with Gasteiger partial charge in [-0.05, 0) is 29.8 Å². The first-order valence-corrected chi connectivity index (χ1v) is 6.12. The third-order valence-corrected chi connectivity index (χ3v) is 3.94. The van der Waals surface area contributed by atoms with Crippen LogP contribution >= 0.6 is 22.7 Å². The number of thiophene rings is 2. The van der Waals surface area contributed by atoms with Gasteiger partial charge in [0.2, 0.25) is 0 Å². The van der Waals surface area contributed by atoms with Gasteiger partial charge in [-0.3, -0.25) is 4.79 Å². The molecule has 2 rings (SSSR count). The molecule has 0 radical (unpaired) electrons. The average Bonchev–Trinajstić information content (AvgIpc) is 2.75. The number of Topliss-reactive ketones (excluding diaryl/α,β-unsaturated/α-hetero) is 1. The molecule has 0 aliphatic carbocycles. The van der Waals surface area contributed by atoms with Gasteiger partial charge in [0.1, 0.15) is 5.78 Å². The molecule has 0 unspecified atom stereocenters. The van der Waals surface area contributed by atoms with Crippen LogP contribution in [-0.4, -0.2) is 5.78 Å². The van der Waals surface area contributed by atoms with E-state index in [4.69, 9.17) is 0 Å². The monoisotopic (exact) mass is 222 g/mol. The maximum Gasteiger partial charge on any atom is 0.143 e. The number of ketones is 1. The normalized spacial score (nSPS) is 10.7. The molecule has 0 fully saturated rings. The van der Waals surface area contributed by atoms with E-state index in [0.29, 0.717) is 0 Å². The number of hydrogen-bond acceptors (Lipinski definition) is 3. The molecule has 72 valence electrons. The zero-order valence-electron chi connectivity index (χ0n) is 7.77. The summed E-state index contributed by atoms with van der Waals surface area (Å²) in [7, 11) is 0. The minimum atomic E-state index is -0.0463. The zero-order chi connectivity index (χ0) is 9.97. The van der Waals surface area contributed by atoms with Crippen LogP contribution in [0.4, 0.5) is 0 Å². The van der Waals surface area contributed by atoms with Gasteiger partial charge in [0.05, 0.1) is 5.92 Å². The lowest BCUT2D eigenvalue weighted by molar-refractivity contribution is -0.117. The summed E-state index contributed by atoms with van der Waals surface area (Å²) in [6.45, 7) is 1.66. The van der Waals surface area contributed by atoms with Crippen molar-refractivity contribution in [1.29, 1.82) is 0 Å². The predicted octanol–water partition coefficient (Wildman–Crippen LogP) is 3.53. The SMILES string of the molecule is CC(=O)C(c1cccs1)c1cccs1. The first kappa shape index (κ1) is 9.62. The standard InChI is InChI=1S/C11H10OS2/c1-8(12)11(9-4-2-6-13-9)10-5-3-7-14-10/h2-7,11H,1H3. The molecule has 0 aliphatic heterocycles. The molecule has 2 aromatic rings. The van der Waals surface area contributed by atoms with Gasteiger partial charge in [-0.2, -0.15) is 0 Å². The second-order valence-electron chi connectivity index (χ2n) is 3.07. The van der Waals surface area contributed by atoms with Gasteiger partial charge in [-0.25, -0.2) is 0 Å². The Hall–Kier alpha value is -0.930. The van der Waals surface area contributed by atoms with Gasteiger partial charge in [-0.1, -0.05) is 12.1 Å². The van der Waals surface area contributed by atoms with E-state index in [9.17, 15) is 4.79 Å². The molecule has 0 aliphatic rings. The molecule has 14 heavy (non-hydrogen) atoms. The van der Waals surface area contributed by atoms with Crippen molar-refractivity contribution < 1.29 is 4.79 Å². The molecule has 1 nitrogen and oxygen atoms in total. The molecule has 3 heteroatoms. The average molecular weight is 222 g/mol. The van der Waals surface area contributed by atoms with Crippen molar-refractivity contribution in [2.24, 2.45) is 0 Å². The van der Waals surface area contributed by atoms with E-state index >= 15 is 0 Å². The minimum absolute atomic E-state index is 0.0463. The molecule has 0 atom stereocenters. The van der Waals surface area contributed by atoms with E-state index in [-0.39, 0.29) is 11.7 Å². The first-order valence-electron chi connectivity index (χ1n) is 4.36. The zero-order valence-corrected chi connectivity index (χ0v) is 9.40. The molecular weight excluding hydrogens is 212 g/mol. The van der Waals surface area contributed by atoms with Crippen molar-refractivity contribution in [3.05, 3.63) is 44.8 Å². The van der Waals surface area contributed by atoms with Crippen molar-refractivity contribution >= 4 is 28.5 Å². The summed E-state index contributed by atoms with van der Waals surface area (Å²) < 4.78 is 0. The summed E-state index contributed by atoms with van der Waals surface area (Å²) in [5.41, 5.74) is 0. The quantitative estimate of drug-likeness (QED) is 0.776. The highest BCUT2D eigenvalue weighted by Crippen LogP contribution is 2.31. The summed E-state index contributed by atoms with van der Waals surface area (Å²) in [6.07, 6.45) is 0. The highest BCUT2D eigenvalue weighted by Gasteiger charge is 2.20. The number of carbonyl (C=O) groups excluding carboxylic acids is 1. The summed E-state index contributed by atoms with van der Waals surface area (Å²) in [5, 5.41) is 4.03. The lowest BCUT2D eigenvalue weighted by atomic mass is 10.0. The van der Waals surface area contributed by atoms with Gasteiger partial charge < -0.3 is 0 Å². The Bertz CT molecular complexity index is 366. The van der Waals surface area contributed by atoms with E-state index in [1.807, 2.05) is 35.0 Å². The Labute approximate surface area is 91.0 Å². The maximum atomic E-state index is 11.6. The highest BCUT2D eigenvalue weighted by molar-refractivity contribution is 7.11. The van der Waals surface area contributed by atoms with Crippen molar-refractivity contribution in [3.63, 3.8) is 0 Å². The number of rotatable bonds is 3. The van der Waals surface area contributed by atoms with Gasteiger partial charge in [0, 0.05) is 9.75 Å². The fraction of sp³-hybridized carbons (Fsp3) is 0.182. The van der Waals surface area contributed by atoms with Crippen LogP contribution in [0.15, 0.2) is 35.0 Å². The van der Waals surface area contributed by atoms with Crippen LogP contribution in [0.1, 0.15) is 22.6 Å². The Kier molecular flexibility index (Phi) is 2.79. The maximum absolute atomic E-state index is 11.6. The molecule has 0 bridgehead atoms. The number of carbonyl (C=O) groups is 1. The Balaban J connectivity index is 2.40. The smallest absolute Gasteiger partial charge is 0.143 e. The van der Waals surface area contributed by atoms with Gasteiger partial charge in [-0.15, -0.1) is 22.7 Å². The van der Waals surface area contributed by atoms with Crippen molar-refractivity contribution in [2.45, 2.75) is 12.8 Å². The predicted molar refractivity (Wildman–Crippen MR) is 61.2 cm³/mol. The third-order valence-electron chi connectivity index (χ3n) is 2.06. The van der Waals surface area contributed by atoms with Crippen LogP contribution < -0.4 is 0 Å². The first-order chi connectivity index (χ1) is 6.79. The second-order valence-corrected chi connectivity index (χ2v) is 5.03. The van der Waals surface area contributed by atoms with E-state index in [1.165, 1.54) is 0 Å². The largest absolute Gasteiger partial charge is 0.299 e. The van der Waals surface area contributed by atoms with E-state index in [2.05, 4.69) is 0 Å². The fourth-order valence-corrected chi connectivity index (χ4v) is 3.33. The lowest BCUT2D eigenvalue weighted by Crippen LogP contribution is -2.06. The van der Waals surface area contributed by atoms with Gasteiger partial charge >= 0.3 is 0 Å². The van der Waals surface area contributed by atoms with Crippen LogP contribution in [0.25, 0.3) is 0 Å². The van der Waals surface area contributed by atoms with E-state index in [0.717, 1.165) is 9.75 Å². The summed E-state index contributed by atoms with van der Waals surface area (Å²) in [4.78, 5) is 13.8. The second kappa shape index (κ2) is 4.07. The van der Waals surface area contributed by atoms with Crippen LogP contribution in [0.3, 0.4) is 0 Å².